The topological polar surface area (TPSA) is 60.2 Å². The molecule has 5 nitrogen and oxygen atoms in total. The Morgan fingerprint density at radius 1 is 1.40 bits per heavy atom. The van der Waals surface area contributed by atoms with Gasteiger partial charge in [0.15, 0.2) is 5.60 Å². The zero-order valence-electron chi connectivity index (χ0n) is 10.8. The predicted molar refractivity (Wildman–Crippen MR) is 75.3 cm³/mol. The lowest BCUT2D eigenvalue weighted by atomic mass is 9.99. The van der Waals surface area contributed by atoms with Crippen LogP contribution in [0.3, 0.4) is 0 Å². The summed E-state index contributed by atoms with van der Waals surface area (Å²) < 4.78 is 8.09. The van der Waals surface area contributed by atoms with Crippen molar-refractivity contribution in [2.75, 3.05) is 13.2 Å². The summed E-state index contributed by atoms with van der Waals surface area (Å²) in [6.07, 6.45) is 3.89. The lowest BCUT2D eigenvalue weighted by Crippen LogP contribution is -2.46. The van der Waals surface area contributed by atoms with Crippen molar-refractivity contribution in [3.63, 3.8) is 0 Å². The van der Waals surface area contributed by atoms with Gasteiger partial charge in [0.2, 0.25) is 0 Å². The molecule has 2 heterocycles. The first-order chi connectivity index (χ1) is 9.67. The van der Waals surface area contributed by atoms with E-state index in [0.29, 0.717) is 18.9 Å². The number of hydrogen-bond acceptors (Lipinski definition) is 4. The molecule has 1 N–H and O–H groups in total. The third-order valence-electron chi connectivity index (χ3n) is 4.17. The van der Waals surface area contributed by atoms with E-state index in [1.165, 1.54) is 11.1 Å². The predicted octanol–water partition coefficient (Wildman–Crippen LogP) is 1.79. The number of hydrogen-bond donors (Lipinski definition) is 1. The molecule has 1 aromatic heterocycles. The number of halogens is 1. The maximum absolute atomic E-state index is 10.2. The molecule has 0 amide bonds. The number of benzene rings is 1. The van der Waals surface area contributed by atoms with Gasteiger partial charge < -0.3 is 9.84 Å². The molecule has 1 aliphatic carbocycles. The minimum atomic E-state index is -0.947. The van der Waals surface area contributed by atoms with Crippen LogP contribution in [-0.2, 0) is 16.8 Å². The second-order valence-electron chi connectivity index (χ2n) is 5.47. The molecular formula is C14H14BrN3O2. The van der Waals surface area contributed by atoms with Gasteiger partial charge in [-0.05, 0) is 30.0 Å². The van der Waals surface area contributed by atoms with Crippen LogP contribution in [0.1, 0.15) is 29.3 Å². The summed E-state index contributed by atoms with van der Waals surface area (Å²) in [6, 6.07) is 6.46. The Morgan fingerprint density at radius 3 is 3.00 bits per heavy atom. The van der Waals surface area contributed by atoms with Crippen molar-refractivity contribution in [1.29, 1.82) is 0 Å². The molecule has 0 unspecified atom stereocenters. The van der Waals surface area contributed by atoms with E-state index in [2.05, 4.69) is 38.4 Å². The summed E-state index contributed by atoms with van der Waals surface area (Å²) in [6.45, 7) is 0.608. The average Bonchev–Trinajstić information content (AvgIpc) is 3.02. The van der Waals surface area contributed by atoms with Crippen LogP contribution in [0.4, 0.5) is 0 Å². The van der Waals surface area contributed by atoms with Crippen molar-refractivity contribution in [1.82, 2.24) is 15.0 Å². The molecule has 0 radical (unpaired) electrons. The van der Waals surface area contributed by atoms with Gasteiger partial charge in [-0.3, -0.25) is 0 Å². The van der Waals surface area contributed by atoms with Crippen molar-refractivity contribution in [3.8, 4) is 0 Å². The van der Waals surface area contributed by atoms with E-state index < -0.39 is 5.60 Å². The molecule has 1 fully saturated rings. The first-order valence-electron chi connectivity index (χ1n) is 6.67. The Labute approximate surface area is 124 Å². The van der Waals surface area contributed by atoms with Gasteiger partial charge in [-0.2, -0.15) is 0 Å². The molecule has 1 saturated heterocycles. The zero-order valence-corrected chi connectivity index (χ0v) is 12.4. The summed E-state index contributed by atoms with van der Waals surface area (Å²) in [5.41, 5.74) is 2.29. The smallest absolute Gasteiger partial charge is 0.156 e. The molecule has 0 spiro atoms. The quantitative estimate of drug-likeness (QED) is 0.908. The fourth-order valence-corrected chi connectivity index (χ4v) is 3.53. The van der Waals surface area contributed by atoms with Crippen LogP contribution in [0.15, 0.2) is 28.9 Å². The number of fused-ring (bicyclic) bond motifs is 1. The molecule has 1 aliphatic heterocycles. The molecule has 6 heteroatoms. The minimum absolute atomic E-state index is 0.202. The lowest BCUT2D eigenvalue weighted by molar-refractivity contribution is -0.186. The van der Waals surface area contributed by atoms with Crippen LogP contribution in [0.25, 0.3) is 0 Å². The van der Waals surface area contributed by atoms with Gasteiger partial charge in [0.05, 0.1) is 25.5 Å². The number of rotatable bonds is 2. The molecule has 2 aliphatic rings. The van der Waals surface area contributed by atoms with Crippen LogP contribution in [-0.4, -0.2) is 33.3 Å². The number of aliphatic hydroxyl groups is 1. The third kappa shape index (κ3) is 1.75. The summed E-state index contributed by atoms with van der Waals surface area (Å²) in [7, 11) is 0. The van der Waals surface area contributed by atoms with Gasteiger partial charge in [0.25, 0.3) is 0 Å². The number of aromatic nitrogens is 3. The second kappa shape index (κ2) is 4.38. The Balaban J connectivity index is 1.69. The van der Waals surface area contributed by atoms with E-state index in [-0.39, 0.29) is 6.04 Å². The Hall–Kier alpha value is -1.24. The van der Waals surface area contributed by atoms with Crippen LogP contribution < -0.4 is 0 Å². The number of nitrogens with zero attached hydrogens (tertiary/aromatic N) is 3. The highest BCUT2D eigenvalue weighted by Gasteiger charge is 2.41. The highest BCUT2D eigenvalue weighted by atomic mass is 79.9. The standard InChI is InChI=1S/C14H14BrN3O2/c15-11-3-1-2-10-9(11)4-5-12(10)18-6-13(16-17-18)14(19)7-20-8-14/h1-3,6,12,19H,4-5,7-8H2/t12-/m0/s1. The fourth-order valence-electron chi connectivity index (χ4n) is 2.95. The molecule has 20 heavy (non-hydrogen) atoms. The molecule has 2 aromatic rings. The first kappa shape index (κ1) is 12.5. The van der Waals surface area contributed by atoms with Crippen LogP contribution in [0.5, 0.6) is 0 Å². The van der Waals surface area contributed by atoms with Crippen molar-refractivity contribution in [3.05, 3.63) is 45.7 Å². The molecule has 1 aromatic carbocycles. The van der Waals surface area contributed by atoms with Gasteiger partial charge in [-0.15, -0.1) is 5.10 Å². The minimum Gasteiger partial charge on any atom is -0.379 e. The molecule has 0 saturated carbocycles. The SMILES string of the molecule is OC1(c2cn([C@H]3CCc4c(Br)cccc43)nn2)COC1. The molecule has 4 rings (SSSR count). The Morgan fingerprint density at radius 2 is 2.25 bits per heavy atom. The monoisotopic (exact) mass is 335 g/mol. The summed E-state index contributed by atoms with van der Waals surface area (Å²) in [5, 5.41) is 18.6. The molecular weight excluding hydrogens is 322 g/mol. The zero-order chi connectivity index (χ0) is 13.7. The van der Waals surface area contributed by atoms with Gasteiger partial charge in [0.1, 0.15) is 5.69 Å². The maximum Gasteiger partial charge on any atom is 0.156 e. The highest BCUT2D eigenvalue weighted by Crippen LogP contribution is 2.38. The fraction of sp³-hybridized carbons (Fsp3) is 0.429. The summed E-state index contributed by atoms with van der Waals surface area (Å²) in [5.74, 6) is 0. The van der Waals surface area contributed by atoms with E-state index in [4.69, 9.17) is 4.74 Å². The van der Waals surface area contributed by atoms with Crippen LogP contribution in [0, 0.1) is 0 Å². The second-order valence-corrected chi connectivity index (χ2v) is 6.32. The molecule has 104 valence electrons. The van der Waals surface area contributed by atoms with Gasteiger partial charge in [0, 0.05) is 4.47 Å². The Kier molecular flexibility index (Phi) is 2.73. The highest BCUT2D eigenvalue weighted by molar-refractivity contribution is 9.10. The van der Waals surface area contributed by atoms with E-state index in [0.717, 1.165) is 17.3 Å². The van der Waals surface area contributed by atoms with E-state index in [9.17, 15) is 5.11 Å². The van der Waals surface area contributed by atoms with Crippen LogP contribution in [0.2, 0.25) is 0 Å². The van der Waals surface area contributed by atoms with E-state index in [1.807, 2.05) is 16.9 Å². The van der Waals surface area contributed by atoms with Crippen molar-refractivity contribution in [2.24, 2.45) is 0 Å². The third-order valence-corrected chi connectivity index (χ3v) is 4.91. The van der Waals surface area contributed by atoms with Gasteiger partial charge in [-0.25, -0.2) is 4.68 Å². The molecule has 0 bridgehead atoms. The number of ether oxygens (including phenoxy) is 1. The average molecular weight is 336 g/mol. The van der Waals surface area contributed by atoms with Crippen molar-refractivity contribution in [2.45, 2.75) is 24.5 Å². The summed E-state index contributed by atoms with van der Waals surface area (Å²) >= 11 is 3.60. The van der Waals surface area contributed by atoms with E-state index in [1.54, 1.807) is 0 Å². The first-order valence-corrected chi connectivity index (χ1v) is 7.46. The van der Waals surface area contributed by atoms with Gasteiger partial charge >= 0.3 is 0 Å². The van der Waals surface area contributed by atoms with Crippen molar-refractivity contribution < 1.29 is 9.84 Å². The van der Waals surface area contributed by atoms with Gasteiger partial charge in [-0.1, -0.05) is 33.3 Å². The largest absolute Gasteiger partial charge is 0.379 e. The van der Waals surface area contributed by atoms with Crippen molar-refractivity contribution >= 4 is 15.9 Å². The maximum atomic E-state index is 10.2. The normalized spacial score (nSPS) is 23.4. The Bertz CT molecular complexity index is 666. The summed E-state index contributed by atoms with van der Waals surface area (Å²) in [4.78, 5) is 0. The van der Waals surface area contributed by atoms with Crippen LogP contribution >= 0.6 is 15.9 Å². The van der Waals surface area contributed by atoms with E-state index >= 15 is 0 Å². The molecule has 1 atom stereocenters. The lowest BCUT2D eigenvalue weighted by Gasteiger charge is -2.34.